The van der Waals surface area contributed by atoms with Crippen molar-refractivity contribution in [1.82, 2.24) is 10.2 Å². The predicted octanol–water partition coefficient (Wildman–Crippen LogP) is 2.02. The molecule has 1 aliphatic rings. The van der Waals surface area contributed by atoms with Crippen molar-refractivity contribution >= 4 is 5.91 Å². The van der Waals surface area contributed by atoms with Crippen molar-refractivity contribution in [2.75, 3.05) is 19.6 Å². The van der Waals surface area contributed by atoms with Gasteiger partial charge in [-0.3, -0.25) is 4.79 Å². The molecule has 1 atom stereocenters. The highest BCUT2D eigenvalue weighted by molar-refractivity contribution is 5.95. The molecule has 0 radical (unpaired) electrons. The van der Waals surface area contributed by atoms with Crippen molar-refractivity contribution in [2.24, 2.45) is 0 Å². The third-order valence-electron chi connectivity index (χ3n) is 3.64. The number of nitrogens with zero attached hydrogens (tertiary/aromatic N) is 1. The summed E-state index contributed by atoms with van der Waals surface area (Å²) >= 11 is 0. The highest BCUT2D eigenvalue weighted by atomic mass is 19.2. The van der Waals surface area contributed by atoms with Crippen LogP contribution in [-0.2, 0) is 0 Å². The first kappa shape index (κ1) is 15.6. The van der Waals surface area contributed by atoms with Gasteiger partial charge in [0, 0.05) is 19.1 Å². The Labute approximate surface area is 120 Å². The maximum atomic E-state index is 13.8. The van der Waals surface area contributed by atoms with Crippen molar-refractivity contribution in [2.45, 2.75) is 25.8 Å². The summed E-state index contributed by atoms with van der Waals surface area (Å²) < 4.78 is 40.1. The van der Waals surface area contributed by atoms with Crippen molar-refractivity contribution < 1.29 is 23.1 Å². The van der Waals surface area contributed by atoms with Gasteiger partial charge in [0.2, 0.25) is 5.82 Å². The summed E-state index contributed by atoms with van der Waals surface area (Å²) in [6.45, 7) is 3.23. The minimum absolute atomic E-state index is 0.107. The summed E-state index contributed by atoms with van der Waals surface area (Å²) in [6.07, 6.45) is 1.89. The van der Waals surface area contributed by atoms with Gasteiger partial charge in [-0.1, -0.05) is 0 Å². The molecule has 116 valence electrons. The average Bonchev–Trinajstić information content (AvgIpc) is 2.98. The third kappa shape index (κ3) is 3.12. The van der Waals surface area contributed by atoms with Crippen LogP contribution in [0.4, 0.5) is 13.2 Å². The zero-order valence-electron chi connectivity index (χ0n) is 11.6. The number of phenols is 1. The van der Waals surface area contributed by atoms with Gasteiger partial charge in [-0.15, -0.1) is 0 Å². The molecule has 1 unspecified atom stereocenters. The Morgan fingerprint density at radius 3 is 2.71 bits per heavy atom. The zero-order valence-corrected chi connectivity index (χ0v) is 11.6. The Hall–Kier alpha value is -1.76. The number of likely N-dealkylation sites (N-methyl/N-ethyl adjacent to an activating group) is 1. The van der Waals surface area contributed by atoms with Gasteiger partial charge in [0.1, 0.15) is 0 Å². The lowest BCUT2D eigenvalue weighted by atomic mass is 10.1. The van der Waals surface area contributed by atoms with Gasteiger partial charge < -0.3 is 15.3 Å². The van der Waals surface area contributed by atoms with E-state index < -0.39 is 34.7 Å². The number of rotatable bonds is 4. The van der Waals surface area contributed by atoms with Gasteiger partial charge in [0.15, 0.2) is 17.4 Å². The second kappa shape index (κ2) is 6.34. The topological polar surface area (TPSA) is 52.6 Å². The molecule has 1 heterocycles. The molecule has 0 saturated carbocycles. The van der Waals surface area contributed by atoms with Crippen molar-refractivity contribution in [3.63, 3.8) is 0 Å². The molecule has 2 rings (SSSR count). The van der Waals surface area contributed by atoms with E-state index in [9.17, 15) is 23.1 Å². The number of hydrogen-bond donors (Lipinski definition) is 2. The van der Waals surface area contributed by atoms with Gasteiger partial charge in [-0.05, 0) is 32.4 Å². The van der Waals surface area contributed by atoms with E-state index in [0.29, 0.717) is 19.2 Å². The molecule has 0 aliphatic carbocycles. The first-order valence-corrected chi connectivity index (χ1v) is 6.84. The number of phenolic OH excluding ortho intramolecular Hbond substituents is 1. The fourth-order valence-electron chi connectivity index (χ4n) is 2.45. The first-order valence-electron chi connectivity index (χ1n) is 6.84. The van der Waals surface area contributed by atoms with Crippen LogP contribution >= 0.6 is 0 Å². The molecule has 1 aromatic carbocycles. The van der Waals surface area contributed by atoms with Crippen molar-refractivity contribution in [1.29, 1.82) is 0 Å². The normalized spacial score (nSPS) is 18.0. The van der Waals surface area contributed by atoms with E-state index in [1.807, 2.05) is 0 Å². The number of halogens is 3. The monoisotopic (exact) mass is 302 g/mol. The molecule has 1 amide bonds. The average molecular weight is 302 g/mol. The Balaban J connectivity index is 2.24. The van der Waals surface area contributed by atoms with Crippen LogP contribution in [0.3, 0.4) is 0 Å². The minimum Gasteiger partial charge on any atom is -0.503 e. The van der Waals surface area contributed by atoms with E-state index in [4.69, 9.17) is 0 Å². The summed E-state index contributed by atoms with van der Waals surface area (Å²) in [5.41, 5.74) is -0.661. The number of hydrogen-bond acceptors (Lipinski definition) is 3. The summed E-state index contributed by atoms with van der Waals surface area (Å²) in [5.74, 6) is -6.81. The van der Waals surface area contributed by atoms with Gasteiger partial charge in [-0.25, -0.2) is 8.78 Å². The van der Waals surface area contributed by atoms with Crippen LogP contribution in [0.5, 0.6) is 5.75 Å². The lowest BCUT2D eigenvalue weighted by Crippen LogP contribution is -2.41. The Bertz CT molecular complexity index is 546. The lowest BCUT2D eigenvalue weighted by molar-refractivity contribution is 0.0744. The number of amides is 1. The molecule has 7 heteroatoms. The number of carbonyl (C=O) groups is 1. The van der Waals surface area contributed by atoms with Gasteiger partial charge in [0.05, 0.1) is 5.56 Å². The molecule has 1 aliphatic heterocycles. The third-order valence-corrected chi connectivity index (χ3v) is 3.64. The molecule has 0 bridgehead atoms. The second-order valence-corrected chi connectivity index (χ2v) is 5.02. The largest absolute Gasteiger partial charge is 0.503 e. The maximum Gasteiger partial charge on any atom is 0.257 e. The van der Waals surface area contributed by atoms with Gasteiger partial charge in [-0.2, -0.15) is 4.39 Å². The summed E-state index contributed by atoms with van der Waals surface area (Å²) in [5, 5.41) is 12.4. The van der Waals surface area contributed by atoms with Gasteiger partial charge >= 0.3 is 0 Å². The molecular weight excluding hydrogens is 285 g/mol. The molecular formula is C14H17F3N2O2. The summed E-state index contributed by atoms with van der Waals surface area (Å²) in [7, 11) is 0. The Morgan fingerprint density at radius 2 is 2.14 bits per heavy atom. The predicted molar refractivity (Wildman–Crippen MR) is 70.6 cm³/mol. The lowest BCUT2D eigenvalue weighted by Gasteiger charge is -2.25. The van der Waals surface area contributed by atoms with Crippen LogP contribution in [0.15, 0.2) is 6.07 Å². The van der Waals surface area contributed by atoms with Crippen LogP contribution in [-0.4, -0.2) is 41.6 Å². The van der Waals surface area contributed by atoms with E-state index in [0.717, 1.165) is 19.4 Å². The molecule has 1 fully saturated rings. The second-order valence-electron chi connectivity index (χ2n) is 5.02. The smallest absolute Gasteiger partial charge is 0.257 e. The van der Waals surface area contributed by atoms with E-state index in [1.54, 1.807) is 6.92 Å². The Morgan fingerprint density at radius 1 is 1.43 bits per heavy atom. The van der Waals surface area contributed by atoms with E-state index in [2.05, 4.69) is 5.32 Å². The maximum absolute atomic E-state index is 13.8. The standard InChI is InChI=1S/C14H17F3N2O2/c1-2-19(7-8-4-3-5-18-8)14(21)9-6-10(15)12(17)13(20)11(9)16/h6,8,18,20H,2-5,7H2,1H3. The number of nitrogens with one attached hydrogen (secondary N) is 1. The minimum atomic E-state index is -1.69. The molecule has 1 saturated heterocycles. The van der Waals surface area contributed by atoms with E-state index >= 15 is 0 Å². The fourth-order valence-corrected chi connectivity index (χ4v) is 2.45. The fraction of sp³-hybridized carbons (Fsp3) is 0.500. The van der Waals surface area contributed by atoms with Crippen molar-refractivity contribution in [3.05, 3.63) is 29.1 Å². The SMILES string of the molecule is CCN(CC1CCCN1)C(=O)c1cc(F)c(F)c(O)c1F. The highest BCUT2D eigenvalue weighted by Crippen LogP contribution is 2.26. The van der Waals surface area contributed by atoms with Crippen LogP contribution in [0.25, 0.3) is 0 Å². The van der Waals surface area contributed by atoms with Crippen LogP contribution in [0.1, 0.15) is 30.1 Å². The summed E-state index contributed by atoms with van der Waals surface area (Å²) in [4.78, 5) is 13.6. The molecule has 2 N–H and O–H groups in total. The van der Waals surface area contributed by atoms with Crippen molar-refractivity contribution in [3.8, 4) is 5.75 Å². The first-order chi connectivity index (χ1) is 9.95. The van der Waals surface area contributed by atoms with Gasteiger partial charge in [0.25, 0.3) is 5.91 Å². The van der Waals surface area contributed by atoms with Crippen LogP contribution in [0.2, 0.25) is 0 Å². The molecule has 1 aromatic rings. The molecule has 21 heavy (non-hydrogen) atoms. The number of carbonyl (C=O) groups excluding carboxylic acids is 1. The number of benzene rings is 1. The van der Waals surface area contributed by atoms with Crippen LogP contribution < -0.4 is 5.32 Å². The number of aromatic hydroxyl groups is 1. The quantitative estimate of drug-likeness (QED) is 0.837. The zero-order chi connectivity index (χ0) is 15.6. The van der Waals surface area contributed by atoms with E-state index in [-0.39, 0.29) is 6.04 Å². The highest BCUT2D eigenvalue weighted by Gasteiger charge is 2.27. The Kier molecular flexibility index (Phi) is 4.72. The molecule has 4 nitrogen and oxygen atoms in total. The molecule has 0 aromatic heterocycles. The summed E-state index contributed by atoms with van der Waals surface area (Å²) in [6, 6.07) is 0.591. The van der Waals surface area contributed by atoms with Crippen LogP contribution in [0, 0.1) is 17.5 Å². The molecule has 0 spiro atoms. The van der Waals surface area contributed by atoms with E-state index in [1.165, 1.54) is 4.90 Å².